The number of carbonyl (C=O) groups is 1. The predicted molar refractivity (Wildman–Crippen MR) is 113 cm³/mol. The van der Waals surface area contributed by atoms with Crippen molar-refractivity contribution in [1.29, 1.82) is 0 Å². The van der Waals surface area contributed by atoms with Gasteiger partial charge in [-0.15, -0.1) is 0 Å². The topological polar surface area (TPSA) is 54.6 Å². The number of hydrogen-bond acceptors (Lipinski definition) is 4. The van der Waals surface area contributed by atoms with Gasteiger partial charge >= 0.3 is 0 Å². The minimum Gasteiger partial charge on any atom is -0.498 e. The lowest BCUT2D eigenvalue weighted by Crippen LogP contribution is -2.50. The number of benzene rings is 1. The quantitative estimate of drug-likeness (QED) is 0.797. The van der Waals surface area contributed by atoms with Gasteiger partial charge < -0.3 is 14.5 Å². The summed E-state index contributed by atoms with van der Waals surface area (Å²) in [5.41, 5.74) is 5.11. The van der Waals surface area contributed by atoms with Gasteiger partial charge in [-0.3, -0.25) is 9.69 Å². The number of carbonyl (C=O) groups excluding carboxylic acids is 1. The molecule has 0 saturated carbocycles. The van der Waals surface area contributed by atoms with Crippen LogP contribution in [-0.2, 0) is 16.0 Å². The fourth-order valence-electron chi connectivity index (χ4n) is 5.44. The Balaban J connectivity index is 1.52. The lowest BCUT2D eigenvalue weighted by Gasteiger charge is -2.49. The highest BCUT2D eigenvalue weighted by atomic mass is 16.5. The van der Waals surface area contributed by atoms with Gasteiger partial charge in [-0.05, 0) is 62.0 Å². The normalized spacial score (nSPS) is 29.0. The second-order valence-corrected chi connectivity index (χ2v) is 8.60. The van der Waals surface area contributed by atoms with E-state index >= 15 is 0 Å². The molecule has 1 aromatic carbocycles. The number of aromatic amines is 1. The third kappa shape index (κ3) is 3.08. The molecule has 3 unspecified atom stereocenters. The molecular formula is C24H28N2O3. The molecule has 0 radical (unpaired) electrons. The molecule has 0 spiro atoms. The zero-order valence-corrected chi connectivity index (χ0v) is 17.3. The van der Waals surface area contributed by atoms with E-state index in [9.17, 15) is 4.79 Å². The lowest BCUT2D eigenvalue weighted by molar-refractivity contribution is -0.112. The number of fused-ring (bicyclic) bond motifs is 6. The van der Waals surface area contributed by atoms with Gasteiger partial charge in [0.25, 0.3) is 0 Å². The fourth-order valence-corrected chi connectivity index (χ4v) is 5.44. The summed E-state index contributed by atoms with van der Waals surface area (Å²) in [6, 6.07) is 6.70. The highest BCUT2D eigenvalue weighted by Gasteiger charge is 2.44. The van der Waals surface area contributed by atoms with Gasteiger partial charge in [-0.25, -0.2) is 0 Å². The largest absolute Gasteiger partial charge is 0.498 e. The third-order valence-electron chi connectivity index (χ3n) is 6.97. The molecule has 152 valence electrons. The Kier molecular flexibility index (Phi) is 4.50. The Morgan fingerprint density at radius 1 is 1.38 bits per heavy atom. The lowest BCUT2D eigenvalue weighted by atomic mass is 9.72. The van der Waals surface area contributed by atoms with E-state index in [0.717, 1.165) is 42.8 Å². The SMILES string of the molecule is COc1ccc2c3c([nH]c2c1)C1CC2C(/C=C\C(C)=O)=CO[C@H](C)C2CN1CC3. The van der Waals surface area contributed by atoms with Gasteiger partial charge in [0.05, 0.1) is 25.5 Å². The van der Waals surface area contributed by atoms with Crippen molar-refractivity contribution in [3.05, 3.63) is 53.4 Å². The molecule has 3 aliphatic heterocycles. The summed E-state index contributed by atoms with van der Waals surface area (Å²) in [5.74, 6) is 1.81. The van der Waals surface area contributed by atoms with Crippen molar-refractivity contribution >= 4 is 16.7 Å². The third-order valence-corrected chi connectivity index (χ3v) is 6.97. The van der Waals surface area contributed by atoms with Crippen molar-refractivity contribution in [3.8, 4) is 5.75 Å². The average molecular weight is 392 g/mol. The minimum atomic E-state index is 0.0722. The Morgan fingerprint density at radius 3 is 3.03 bits per heavy atom. The average Bonchev–Trinajstić information content (AvgIpc) is 3.10. The highest BCUT2D eigenvalue weighted by Crippen LogP contribution is 2.47. The summed E-state index contributed by atoms with van der Waals surface area (Å²) in [6.07, 6.45) is 7.81. The molecule has 1 saturated heterocycles. The van der Waals surface area contributed by atoms with E-state index in [0.29, 0.717) is 17.9 Å². The zero-order valence-electron chi connectivity index (χ0n) is 17.3. The number of aromatic nitrogens is 1. The molecule has 3 aliphatic rings. The highest BCUT2D eigenvalue weighted by molar-refractivity contribution is 5.88. The van der Waals surface area contributed by atoms with Crippen LogP contribution in [0.2, 0.25) is 0 Å². The van der Waals surface area contributed by atoms with Crippen LogP contribution in [0, 0.1) is 11.8 Å². The van der Waals surface area contributed by atoms with Crippen LogP contribution >= 0.6 is 0 Å². The van der Waals surface area contributed by atoms with Crippen molar-refractivity contribution in [1.82, 2.24) is 9.88 Å². The summed E-state index contributed by atoms with van der Waals surface area (Å²) in [4.78, 5) is 17.8. The fraction of sp³-hybridized carbons (Fsp3) is 0.458. The zero-order chi connectivity index (χ0) is 20.1. The van der Waals surface area contributed by atoms with Crippen molar-refractivity contribution < 1.29 is 14.3 Å². The summed E-state index contributed by atoms with van der Waals surface area (Å²) < 4.78 is 11.4. The van der Waals surface area contributed by atoms with Crippen LogP contribution in [0.3, 0.4) is 0 Å². The predicted octanol–water partition coefficient (Wildman–Crippen LogP) is 4.16. The Bertz CT molecular complexity index is 1020. The molecule has 1 aromatic heterocycles. The summed E-state index contributed by atoms with van der Waals surface area (Å²) in [5, 5.41) is 1.31. The van der Waals surface area contributed by atoms with Crippen LogP contribution < -0.4 is 4.74 Å². The van der Waals surface area contributed by atoms with Gasteiger partial charge in [0.2, 0.25) is 0 Å². The standard InChI is InChI=1S/C24H28N2O3/c1-14(27)4-5-16-13-29-15(2)21-12-26-9-8-19-18-7-6-17(28-3)10-22(18)25-24(19)23(26)11-20(16)21/h4-7,10,13,15,20-21,23,25H,8-9,11-12H2,1-3H3/b5-4-/t15-,20?,21?,23?/m1/s1. The number of piperidine rings is 1. The number of hydrogen-bond donors (Lipinski definition) is 1. The van der Waals surface area contributed by atoms with Crippen LogP contribution in [0.1, 0.15) is 37.6 Å². The Labute approximate surface area is 171 Å². The second kappa shape index (κ2) is 7.06. The molecule has 1 N–H and O–H groups in total. The molecule has 2 aromatic rings. The summed E-state index contributed by atoms with van der Waals surface area (Å²) >= 11 is 0. The van der Waals surface area contributed by atoms with Gasteiger partial charge in [0.15, 0.2) is 5.78 Å². The van der Waals surface area contributed by atoms with E-state index in [-0.39, 0.29) is 11.9 Å². The van der Waals surface area contributed by atoms with Gasteiger partial charge in [-0.2, -0.15) is 0 Å². The second-order valence-electron chi connectivity index (χ2n) is 8.60. The van der Waals surface area contributed by atoms with Crippen LogP contribution in [-0.4, -0.2) is 42.0 Å². The van der Waals surface area contributed by atoms with E-state index < -0.39 is 0 Å². The van der Waals surface area contributed by atoms with E-state index in [1.165, 1.54) is 16.6 Å². The molecule has 5 nitrogen and oxygen atoms in total. The van der Waals surface area contributed by atoms with Crippen molar-refractivity contribution in [2.45, 2.75) is 38.8 Å². The first-order chi connectivity index (χ1) is 14.0. The number of allylic oxidation sites excluding steroid dienone is 3. The minimum absolute atomic E-state index is 0.0722. The number of rotatable bonds is 3. The van der Waals surface area contributed by atoms with Crippen molar-refractivity contribution in [3.63, 3.8) is 0 Å². The number of H-pyrrole nitrogens is 1. The maximum atomic E-state index is 11.5. The smallest absolute Gasteiger partial charge is 0.152 e. The molecule has 1 fully saturated rings. The Hall–Kier alpha value is -2.53. The molecule has 4 atom stereocenters. The van der Waals surface area contributed by atoms with Crippen LogP contribution in [0.4, 0.5) is 0 Å². The maximum absolute atomic E-state index is 11.5. The van der Waals surface area contributed by atoms with Gasteiger partial charge in [-0.1, -0.05) is 6.08 Å². The van der Waals surface area contributed by atoms with Crippen LogP contribution in [0.5, 0.6) is 5.75 Å². The molecule has 0 aliphatic carbocycles. The van der Waals surface area contributed by atoms with Crippen LogP contribution in [0.25, 0.3) is 10.9 Å². The first-order valence-electron chi connectivity index (χ1n) is 10.5. The molecule has 29 heavy (non-hydrogen) atoms. The molecule has 0 amide bonds. The van der Waals surface area contributed by atoms with Crippen molar-refractivity contribution in [2.75, 3.05) is 20.2 Å². The summed E-state index contributed by atoms with van der Waals surface area (Å²) in [6.45, 7) is 5.87. The number of ether oxygens (including phenoxy) is 2. The first-order valence-corrected chi connectivity index (χ1v) is 10.5. The van der Waals surface area contributed by atoms with Crippen molar-refractivity contribution in [2.24, 2.45) is 11.8 Å². The number of methoxy groups -OCH3 is 1. The molecule has 5 heteroatoms. The first kappa shape index (κ1) is 18.5. The van der Waals surface area contributed by atoms with E-state index in [4.69, 9.17) is 9.47 Å². The monoisotopic (exact) mass is 392 g/mol. The number of nitrogens with zero attached hydrogens (tertiary/aromatic N) is 1. The van der Waals surface area contributed by atoms with E-state index in [1.54, 1.807) is 20.1 Å². The molecule has 0 bridgehead atoms. The van der Waals surface area contributed by atoms with E-state index in [1.807, 2.05) is 18.4 Å². The molecule has 4 heterocycles. The number of ketones is 1. The number of nitrogens with one attached hydrogen (secondary N) is 1. The van der Waals surface area contributed by atoms with Gasteiger partial charge in [0, 0.05) is 41.7 Å². The Morgan fingerprint density at radius 2 is 2.24 bits per heavy atom. The van der Waals surface area contributed by atoms with E-state index in [2.05, 4.69) is 28.9 Å². The molecule has 5 rings (SSSR count). The van der Waals surface area contributed by atoms with Crippen LogP contribution in [0.15, 0.2) is 42.2 Å². The summed E-state index contributed by atoms with van der Waals surface area (Å²) in [7, 11) is 1.71. The van der Waals surface area contributed by atoms with Gasteiger partial charge in [0.1, 0.15) is 5.75 Å². The maximum Gasteiger partial charge on any atom is 0.152 e. The molecular weight excluding hydrogens is 364 g/mol.